The van der Waals surface area contributed by atoms with Crippen molar-refractivity contribution in [1.82, 2.24) is 5.32 Å². The van der Waals surface area contributed by atoms with Gasteiger partial charge in [0.05, 0.1) is 17.4 Å². The van der Waals surface area contributed by atoms with Crippen molar-refractivity contribution in [3.8, 4) is 6.07 Å². The molecule has 112 valence electrons. The summed E-state index contributed by atoms with van der Waals surface area (Å²) >= 11 is 1.63. The molecule has 2 rings (SSSR count). The van der Waals surface area contributed by atoms with E-state index < -0.39 is 5.82 Å². The van der Waals surface area contributed by atoms with Crippen LogP contribution in [0.2, 0.25) is 0 Å². The predicted molar refractivity (Wildman–Crippen MR) is 82.8 cm³/mol. The van der Waals surface area contributed by atoms with Crippen LogP contribution in [0.3, 0.4) is 0 Å². The predicted octanol–water partition coefficient (Wildman–Crippen LogP) is 2.43. The van der Waals surface area contributed by atoms with Crippen LogP contribution < -0.4 is 10.6 Å². The van der Waals surface area contributed by atoms with E-state index in [9.17, 15) is 9.18 Å². The van der Waals surface area contributed by atoms with Gasteiger partial charge in [0.1, 0.15) is 5.82 Å². The molecule has 0 spiro atoms. The van der Waals surface area contributed by atoms with Gasteiger partial charge in [0.25, 0.3) is 0 Å². The highest BCUT2D eigenvalue weighted by Crippen LogP contribution is 2.23. The number of piperidine rings is 1. The van der Waals surface area contributed by atoms with Crippen molar-refractivity contribution in [1.29, 1.82) is 5.26 Å². The highest BCUT2D eigenvalue weighted by Gasteiger charge is 2.16. The minimum Gasteiger partial charge on any atom is -0.325 e. The third-order valence-electron chi connectivity index (χ3n) is 3.48. The molecule has 0 atom stereocenters. The molecule has 0 radical (unpaired) electrons. The minimum atomic E-state index is -0.477. The molecule has 0 aromatic heterocycles. The summed E-state index contributed by atoms with van der Waals surface area (Å²) in [7, 11) is 0. The molecule has 2 N–H and O–H groups in total. The number of hydrogen-bond acceptors (Lipinski definition) is 4. The smallest absolute Gasteiger partial charge is 0.234 e. The number of hydrogen-bond donors (Lipinski definition) is 2. The fraction of sp³-hybridized carbons (Fsp3) is 0.467. The molecule has 0 aliphatic carbocycles. The quantitative estimate of drug-likeness (QED) is 0.896. The van der Waals surface area contributed by atoms with E-state index in [1.807, 2.05) is 6.07 Å². The van der Waals surface area contributed by atoms with Gasteiger partial charge in [-0.25, -0.2) is 4.39 Å². The molecular weight excluding hydrogens is 289 g/mol. The lowest BCUT2D eigenvalue weighted by Crippen LogP contribution is -2.30. The average Bonchev–Trinajstić information content (AvgIpc) is 2.50. The Balaban J connectivity index is 1.93. The van der Waals surface area contributed by atoms with Crippen LogP contribution in [0.5, 0.6) is 0 Å². The van der Waals surface area contributed by atoms with E-state index in [1.54, 1.807) is 18.7 Å². The number of thioether (sulfide) groups is 1. The van der Waals surface area contributed by atoms with E-state index in [-0.39, 0.29) is 11.5 Å². The maximum Gasteiger partial charge on any atom is 0.234 e. The number of halogens is 1. The van der Waals surface area contributed by atoms with Gasteiger partial charge >= 0.3 is 0 Å². The van der Waals surface area contributed by atoms with Crippen LogP contribution in [0, 0.1) is 24.1 Å². The summed E-state index contributed by atoms with van der Waals surface area (Å²) in [4.78, 5) is 12.0. The summed E-state index contributed by atoms with van der Waals surface area (Å²) in [6.07, 6.45) is 2.13. The Morgan fingerprint density at radius 3 is 2.90 bits per heavy atom. The number of nitrogens with one attached hydrogen (secondary N) is 2. The van der Waals surface area contributed by atoms with Crippen molar-refractivity contribution in [2.45, 2.75) is 25.0 Å². The third kappa shape index (κ3) is 4.45. The summed E-state index contributed by atoms with van der Waals surface area (Å²) in [5, 5.41) is 15.3. The van der Waals surface area contributed by atoms with Gasteiger partial charge in [-0.2, -0.15) is 5.26 Å². The normalized spacial score (nSPS) is 15.5. The monoisotopic (exact) mass is 307 g/mol. The lowest BCUT2D eigenvalue weighted by Gasteiger charge is -2.21. The number of benzene rings is 1. The molecule has 0 unspecified atom stereocenters. The second kappa shape index (κ2) is 7.43. The van der Waals surface area contributed by atoms with Crippen LogP contribution in [0.25, 0.3) is 0 Å². The number of nitriles is 1. The summed E-state index contributed by atoms with van der Waals surface area (Å²) in [5.41, 5.74) is 0.941. The SMILES string of the molecule is Cc1c(F)cc(C#N)cc1NC(=O)CSC1CCNCC1. The van der Waals surface area contributed by atoms with Crippen molar-refractivity contribution >= 4 is 23.4 Å². The average molecular weight is 307 g/mol. The maximum absolute atomic E-state index is 13.6. The zero-order valence-electron chi connectivity index (χ0n) is 11.9. The van der Waals surface area contributed by atoms with Gasteiger partial charge in [0, 0.05) is 16.5 Å². The fourth-order valence-corrected chi connectivity index (χ4v) is 3.24. The third-order valence-corrected chi connectivity index (χ3v) is 4.86. The number of nitrogens with zero attached hydrogens (tertiary/aromatic N) is 1. The Morgan fingerprint density at radius 2 is 2.24 bits per heavy atom. The van der Waals surface area contributed by atoms with E-state index in [1.165, 1.54) is 12.1 Å². The van der Waals surface area contributed by atoms with Gasteiger partial charge in [-0.05, 0) is 45.0 Å². The van der Waals surface area contributed by atoms with Crippen molar-refractivity contribution in [3.63, 3.8) is 0 Å². The van der Waals surface area contributed by atoms with Crippen LogP contribution in [0.1, 0.15) is 24.0 Å². The highest BCUT2D eigenvalue weighted by atomic mass is 32.2. The lowest BCUT2D eigenvalue weighted by atomic mass is 10.1. The van der Waals surface area contributed by atoms with Crippen LogP contribution in [-0.2, 0) is 4.79 Å². The van der Waals surface area contributed by atoms with Crippen LogP contribution in [0.15, 0.2) is 12.1 Å². The first-order chi connectivity index (χ1) is 10.1. The summed E-state index contributed by atoms with van der Waals surface area (Å²) in [5.74, 6) is -0.283. The fourth-order valence-electron chi connectivity index (χ4n) is 2.22. The second-order valence-corrected chi connectivity index (χ2v) is 6.34. The molecule has 1 amide bonds. The highest BCUT2D eigenvalue weighted by molar-refractivity contribution is 8.00. The van der Waals surface area contributed by atoms with Gasteiger partial charge in [-0.1, -0.05) is 0 Å². The van der Waals surface area contributed by atoms with E-state index in [0.717, 1.165) is 25.9 Å². The zero-order chi connectivity index (χ0) is 15.2. The Labute approximate surface area is 128 Å². The van der Waals surface area contributed by atoms with Gasteiger partial charge < -0.3 is 10.6 Å². The Kier molecular flexibility index (Phi) is 5.59. The van der Waals surface area contributed by atoms with Gasteiger partial charge in [-0.3, -0.25) is 4.79 Å². The minimum absolute atomic E-state index is 0.156. The summed E-state index contributed by atoms with van der Waals surface area (Å²) in [6.45, 7) is 3.58. The van der Waals surface area contributed by atoms with Gasteiger partial charge in [0.2, 0.25) is 5.91 Å². The van der Waals surface area contributed by atoms with Gasteiger partial charge in [0.15, 0.2) is 0 Å². The molecule has 6 heteroatoms. The van der Waals surface area contributed by atoms with Crippen molar-refractivity contribution < 1.29 is 9.18 Å². The van der Waals surface area contributed by atoms with Crippen molar-refractivity contribution in [3.05, 3.63) is 29.1 Å². The number of rotatable bonds is 4. The molecule has 0 bridgehead atoms. The molecule has 1 aromatic carbocycles. The summed E-state index contributed by atoms with van der Waals surface area (Å²) in [6, 6.07) is 4.57. The largest absolute Gasteiger partial charge is 0.325 e. The number of carbonyl (C=O) groups is 1. The molecule has 0 saturated carbocycles. The molecular formula is C15H18FN3OS. The van der Waals surface area contributed by atoms with Crippen LogP contribution in [-0.4, -0.2) is 30.0 Å². The van der Waals surface area contributed by atoms with E-state index >= 15 is 0 Å². The first kappa shape index (κ1) is 15.8. The van der Waals surface area contributed by atoms with E-state index in [0.29, 0.717) is 22.3 Å². The molecule has 1 aromatic rings. The Hall–Kier alpha value is -1.58. The van der Waals surface area contributed by atoms with Crippen LogP contribution in [0.4, 0.5) is 10.1 Å². The first-order valence-corrected chi connectivity index (χ1v) is 7.97. The van der Waals surface area contributed by atoms with Crippen molar-refractivity contribution in [2.75, 3.05) is 24.2 Å². The molecule has 1 aliphatic rings. The molecule has 4 nitrogen and oxygen atoms in total. The number of amides is 1. The molecule has 21 heavy (non-hydrogen) atoms. The number of carbonyl (C=O) groups excluding carboxylic acids is 1. The zero-order valence-corrected chi connectivity index (χ0v) is 12.7. The molecule has 1 saturated heterocycles. The van der Waals surface area contributed by atoms with Gasteiger partial charge in [-0.15, -0.1) is 11.8 Å². The first-order valence-electron chi connectivity index (χ1n) is 6.92. The topological polar surface area (TPSA) is 64.9 Å². The van der Waals surface area contributed by atoms with E-state index in [4.69, 9.17) is 5.26 Å². The van der Waals surface area contributed by atoms with Crippen molar-refractivity contribution in [2.24, 2.45) is 0 Å². The molecule has 1 heterocycles. The molecule has 1 fully saturated rings. The lowest BCUT2D eigenvalue weighted by molar-refractivity contribution is -0.113. The summed E-state index contributed by atoms with van der Waals surface area (Å²) < 4.78 is 13.6. The molecule has 1 aliphatic heterocycles. The number of anilines is 1. The standard InChI is InChI=1S/C15H18FN3OS/c1-10-13(16)6-11(8-17)7-14(10)19-15(20)9-21-12-2-4-18-5-3-12/h6-7,12,18H,2-5,9H2,1H3,(H,19,20). The Bertz CT molecular complexity index is 565. The second-order valence-electron chi connectivity index (χ2n) is 5.05. The van der Waals surface area contributed by atoms with E-state index in [2.05, 4.69) is 10.6 Å². The maximum atomic E-state index is 13.6. The van der Waals surface area contributed by atoms with Crippen LogP contribution >= 0.6 is 11.8 Å². The Morgan fingerprint density at radius 1 is 1.52 bits per heavy atom.